The van der Waals surface area contributed by atoms with E-state index in [0.717, 1.165) is 12.2 Å². The van der Waals surface area contributed by atoms with Crippen molar-refractivity contribution in [2.75, 3.05) is 7.05 Å². The van der Waals surface area contributed by atoms with Crippen LogP contribution in [0.25, 0.3) is 0 Å². The lowest BCUT2D eigenvalue weighted by Gasteiger charge is -2.35. The fraction of sp³-hybridized carbons (Fsp3) is 0.412. The number of likely N-dealkylation sites (N-methyl/N-ethyl adjacent to an activating group) is 1. The van der Waals surface area contributed by atoms with Gasteiger partial charge in [0.05, 0.1) is 12.3 Å². The Hall–Kier alpha value is -1.65. The van der Waals surface area contributed by atoms with Crippen molar-refractivity contribution in [1.29, 1.82) is 0 Å². The average molecular weight is 290 g/mol. The molecular formula is C17H23FN2O. The van der Waals surface area contributed by atoms with E-state index in [1.165, 1.54) is 6.07 Å². The lowest BCUT2D eigenvalue weighted by atomic mass is 9.98. The van der Waals surface area contributed by atoms with Gasteiger partial charge in [-0.1, -0.05) is 25.1 Å². The molecule has 3 atom stereocenters. The van der Waals surface area contributed by atoms with E-state index >= 15 is 0 Å². The highest BCUT2D eigenvalue weighted by Gasteiger charge is 2.30. The summed E-state index contributed by atoms with van der Waals surface area (Å²) in [6.45, 7) is 4.03. The largest absolute Gasteiger partial charge is 0.468 e. The molecule has 1 aromatic heterocycles. The van der Waals surface area contributed by atoms with E-state index in [2.05, 4.69) is 4.90 Å². The van der Waals surface area contributed by atoms with E-state index in [4.69, 9.17) is 10.2 Å². The summed E-state index contributed by atoms with van der Waals surface area (Å²) in [6.07, 6.45) is 2.46. The molecule has 1 aromatic carbocycles. The first-order valence-electron chi connectivity index (χ1n) is 7.31. The Labute approximate surface area is 125 Å². The summed E-state index contributed by atoms with van der Waals surface area (Å²) < 4.78 is 19.5. The van der Waals surface area contributed by atoms with Gasteiger partial charge in [0.25, 0.3) is 0 Å². The minimum Gasteiger partial charge on any atom is -0.468 e. The highest BCUT2D eigenvalue weighted by atomic mass is 19.1. The molecule has 0 bridgehead atoms. The van der Waals surface area contributed by atoms with Crippen LogP contribution < -0.4 is 5.73 Å². The molecular weight excluding hydrogens is 267 g/mol. The fourth-order valence-electron chi connectivity index (χ4n) is 2.67. The molecule has 0 aliphatic heterocycles. The van der Waals surface area contributed by atoms with Crippen LogP contribution in [-0.4, -0.2) is 18.0 Å². The Balaban J connectivity index is 2.30. The third-order valence-corrected chi connectivity index (χ3v) is 4.12. The second-order valence-electron chi connectivity index (χ2n) is 5.40. The normalized spacial score (nSPS) is 15.9. The number of halogens is 1. The Morgan fingerprint density at radius 1 is 1.24 bits per heavy atom. The van der Waals surface area contributed by atoms with Crippen LogP contribution in [0.15, 0.2) is 47.1 Å². The summed E-state index contributed by atoms with van der Waals surface area (Å²) in [5, 5.41) is 0. The Morgan fingerprint density at radius 3 is 2.52 bits per heavy atom. The second kappa shape index (κ2) is 6.87. The fourth-order valence-corrected chi connectivity index (χ4v) is 2.67. The number of hydrogen-bond donors (Lipinski definition) is 1. The van der Waals surface area contributed by atoms with Crippen molar-refractivity contribution >= 4 is 0 Å². The zero-order valence-electron chi connectivity index (χ0n) is 12.8. The van der Waals surface area contributed by atoms with Crippen LogP contribution in [0.1, 0.15) is 43.7 Å². The molecule has 4 heteroatoms. The molecule has 3 unspecified atom stereocenters. The molecule has 114 valence electrons. The summed E-state index contributed by atoms with van der Waals surface area (Å²) in [5.74, 6) is 0.621. The monoisotopic (exact) mass is 290 g/mol. The van der Waals surface area contributed by atoms with Crippen molar-refractivity contribution in [3.05, 3.63) is 59.8 Å². The van der Waals surface area contributed by atoms with E-state index < -0.39 is 0 Å². The molecule has 2 aromatic rings. The van der Waals surface area contributed by atoms with E-state index in [-0.39, 0.29) is 23.9 Å². The van der Waals surface area contributed by atoms with Gasteiger partial charge in [-0.25, -0.2) is 4.39 Å². The minimum atomic E-state index is -0.194. The number of hydrogen-bond acceptors (Lipinski definition) is 3. The van der Waals surface area contributed by atoms with Gasteiger partial charge < -0.3 is 10.2 Å². The van der Waals surface area contributed by atoms with Gasteiger partial charge >= 0.3 is 0 Å². The zero-order valence-corrected chi connectivity index (χ0v) is 12.8. The van der Waals surface area contributed by atoms with Gasteiger partial charge in [-0.3, -0.25) is 4.90 Å². The Kier molecular flexibility index (Phi) is 5.15. The van der Waals surface area contributed by atoms with Crippen molar-refractivity contribution in [2.45, 2.75) is 38.4 Å². The van der Waals surface area contributed by atoms with Crippen LogP contribution in [0.4, 0.5) is 4.39 Å². The molecule has 0 aliphatic rings. The van der Waals surface area contributed by atoms with E-state index in [9.17, 15) is 4.39 Å². The van der Waals surface area contributed by atoms with Gasteiger partial charge in [-0.15, -0.1) is 0 Å². The minimum absolute atomic E-state index is 0.0737. The summed E-state index contributed by atoms with van der Waals surface area (Å²) in [5.41, 5.74) is 6.93. The number of furan rings is 1. The average Bonchev–Trinajstić information content (AvgIpc) is 3.00. The molecule has 0 spiro atoms. The maximum atomic E-state index is 14.0. The van der Waals surface area contributed by atoms with Crippen molar-refractivity contribution in [1.82, 2.24) is 4.90 Å². The van der Waals surface area contributed by atoms with Crippen molar-refractivity contribution in [2.24, 2.45) is 5.73 Å². The molecule has 0 amide bonds. The predicted octanol–water partition coefficient (Wildman–Crippen LogP) is 3.89. The topological polar surface area (TPSA) is 42.4 Å². The van der Waals surface area contributed by atoms with Gasteiger partial charge in [-0.05, 0) is 38.6 Å². The molecule has 21 heavy (non-hydrogen) atoms. The molecule has 1 heterocycles. The van der Waals surface area contributed by atoms with E-state index in [1.54, 1.807) is 12.3 Å². The van der Waals surface area contributed by atoms with E-state index in [1.807, 2.05) is 45.2 Å². The van der Waals surface area contributed by atoms with Gasteiger partial charge in [0.2, 0.25) is 0 Å². The van der Waals surface area contributed by atoms with Crippen molar-refractivity contribution in [3.8, 4) is 0 Å². The number of nitrogens with two attached hydrogens (primary N) is 1. The highest BCUT2D eigenvalue weighted by molar-refractivity contribution is 5.21. The summed E-state index contributed by atoms with van der Waals surface area (Å²) in [7, 11) is 1.96. The molecule has 0 saturated carbocycles. The van der Waals surface area contributed by atoms with Crippen molar-refractivity contribution < 1.29 is 8.81 Å². The predicted molar refractivity (Wildman–Crippen MR) is 82.3 cm³/mol. The lowest BCUT2D eigenvalue weighted by molar-refractivity contribution is 0.136. The second-order valence-corrected chi connectivity index (χ2v) is 5.40. The van der Waals surface area contributed by atoms with Crippen LogP contribution in [0.5, 0.6) is 0 Å². The standard InChI is InChI=1S/C17H23FN2O/c1-4-15(19)17(16-10-7-11-21-16)20(3)12(2)13-8-5-6-9-14(13)18/h5-12,15,17H,4,19H2,1-3H3. The summed E-state index contributed by atoms with van der Waals surface area (Å²) in [4.78, 5) is 2.07. The number of nitrogens with zero attached hydrogens (tertiary/aromatic N) is 1. The maximum absolute atomic E-state index is 14.0. The Morgan fingerprint density at radius 2 is 1.95 bits per heavy atom. The summed E-state index contributed by atoms with van der Waals surface area (Å²) in [6, 6.07) is 10.4. The van der Waals surface area contributed by atoms with E-state index in [0.29, 0.717) is 5.56 Å². The van der Waals surface area contributed by atoms with Crippen LogP contribution >= 0.6 is 0 Å². The molecule has 3 nitrogen and oxygen atoms in total. The van der Waals surface area contributed by atoms with Crippen LogP contribution in [0, 0.1) is 5.82 Å². The van der Waals surface area contributed by atoms with Gasteiger partial charge in [-0.2, -0.15) is 0 Å². The Bertz CT molecular complexity index is 556. The third kappa shape index (κ3) is 3.34. The molecule has 0 aliphatic carbocycles. The zero-order chi connectivity index (χ0) is 15.4. The SMILES string of the molecule is CCC(N)C(c1ccco1)N(C)C(C)c1ccccc1F. The van der Waals surface area contributed by atoms with Gasteiger partial charge in [0.15, 0.2) is 0 Å². The highest BCUT2D eigenvalue weighted by Crippen LogP contribution is 2.32. The third-order valence-electron chi connectivity index (χ3n) is 4.12. The first kappa shape index (κ1) is 15.7. The smallest absolute Gasteiger partial charge is 0.127 e. The number of benzene rings is 1. The molecule has 0 radical (unpaired) electrons. The first-order chi connectivity index (χ1) is 10.1. The van der Waals surface area contributed by atoms with Crippen LogP contribution in [0.2, 0.25) is 0 Å². The summed E-state index contributed by atoms with van der Waals surface area (Å²) >= 11 is 0. The maximum Gasteiger partial charge on any atom is 0.127 e. The van der Waals surface area contributed by atoms with Crippen molar-refractivity contribution in [3.63, 3.8) is 0 Å². The van der Waals surface area contributed by atoms with Crippen LogP contribution in [0.3, 0.4) is 0 Å². The molecule has 2 rings (SSSR count). The molecule has 2 N–H and O–H groups in total. The quantitative estimate of drug-likeness (QED) is 0.877. The van der Waals surface area contributed by atoms with Gasteiger partial charge in [0.1, 0.15) is 11.6 Å². The van der Waals surface area contributed by atoms with Crippen LogP contribution in [-0.2, 0) is 0 Å². The van der Waals surface area contributed by atoms with Gasteiger partial charge in [0, 0.05) is 17.6 Å². The first-order valence-corrected chi connectivity index (χ1v) is 7.31. The molecule has 0 saturated heterocycles. The lowest BCUT2D eigenvalue weighted by Crippen LogP contribution is -2.40. The number of rotatable bonds is 6. The molecule has 0 fully saturated rings.